The van der Waals surface area contributed by atoms with Crippen LogP contribution in [0.4, 0.5) is 4.20 Å². The molecule has 0 spiro atoms. The van der Waals surface area contributed by atoms with Crippen molar-refractivity contribution in [1.82, 2.24) is 0 Å². The third-order valence-electron chi connectivity index (χ3n) is 3.14. The van der Waals surface area contributed by atoms with Gasteiger partial charge in [-0.1, -0.05) is 42.1 Å². The molecule has 0 heterocycles. The van der Waals surface area contributed by atoms with Crippen molar-refractivity contribution in [2.24, 2.45) is 0 Å². The van der Waals surface area contributed by atoms with Crippen LogP contribution in [0, 0.1) is 0 Å². The molecule has 0 nitrogen and oxygen atoms in total. The van der Waals surface area contributed by atoms with E-state index in [1.54, 1.807) is 6.08 Å². The van der Waals surface area contributed by atoms with Crippen LogP contribution < -0.4 is 10.6 Å². The summed E-state index contributed by atoms with van der Waals surface area (Å²) in [4.78, 5) is 0. The molecule has 92 valence electrons. The summed E-state index contributed by atoms with van der Waals surface area (Å²) in [5.41, 5.74) is 3.05. The first-order valence-corrected chi connectivity index (χ1v) is 7.83. The Morgan fingerprint density at radius 3 is 1.74 bits per heavy atom. The van der Waals surface area contributed by atoms with E-state index in [0.717, 1.165) is 10.6 Å². The van der Waals surface area contributed by atoms with Gasteiger partial charge in [0.1, 0.15) is 10.6 Å². The highest BCUT2D eigenvalue weighted by molar-refractivity contribution is 7.88. The van der Waals surface area contributed by atoms with Gasteiger partial charge in [-0.3, -0.25) is 0 Å². The highest BCUT2D eigenvalue weighted by atomic mass is 31.2. The number of halogens is 1. The second-order valence-corrected chi connectivity index (χ2v) is 7.01. The van der Waals surface area contributed by atoms with Crippen LogP contribution in [0.25, 0.3) is 0 Å². The van der Waals surface area contributed by atoms with Gasteiger partial charge < -0.3 is 0 Å². The van der Waals surface area contributed by atoms with E-state index in [2.05, 4.69) is 5.73 Å². The maximum atomic E-state index is 15.9. The first-order valence-electron chi connectivity index (χ1n) is 6.16. The highest BCUT2D eigenvalue weighted by Crippen LogP contribution is 2.65. The summed E-state index contributed by atoms with van der Waals surface area (Å²) in [7, 11) is -3.03. The van der Waals surface area contributed by atoms with E-state index in [0.29, 0.717) is 5.31 Å². The lowest BCUT2D eigenvalue weighted by molar-refractivity contribution is 0.897. The first-order chi connectivity index (χ1) is 9.32. The zero-order valence-electron chi connectivity index (χ0n) is 10.3. The van der Waals surface area contributed by atoms with Gasteiger partial charge in [-0.05, 0) is 46.7 Å². The van der Waals surface area contributed by atoms with Gasteiger partial charge in [-0.25, -0.2) is 0 Å². The third-order valence-corrected chi connectivity index (χ3v) is 6.10. The molecule has 0 atom stereocenters. The van der Waals surface area contributed by atoms with Crippen molar-refractivity contribution in [3.05, 3.63) is 89.9 Å². The van der Waals surface area contributed by atoms with E-state index in [-0.39, 0.29) is 0 Å². The van der Waals surface area contributed by atoms with Gasteiger partial charge >= 0.3 is 7.57 Å². The monoisotopic (exact) mass is 267 g/mol. The normalized spacial score (nSPS) is 13.6. The molecule has 0 amide bonds. The Labute approximate surface area is 113 Å². The molecule has 3 rings (SSSR count). The zero-order chi connectivity index (χ0) is 13.1. The molecule has 2 heteroatoms. The summed E-state index contributed by atoms with van der Waals surface area (Å²) in [6.45, 7) is 0. The van der Waals surface area contributed by atoms with Crippen LogP contribution in [0.5, 0.6) is 0 Å². The first kappa shape index (κ1) is 12.1. The Bertz CT molecular complexity index is 625. The molecule has 0 N–H and O–H groups in total. The predicted octanol–water partition coefficient (Wildman–Crippen LogP) is 4.15. The third kappa shape index (κ3) is 2.08. The van der Waals surface area contributed by atoms with E-state index in [1.807, 2.05) is 72.8 Å². The molecule has 2 aromatic carbocycles. The lowest BCUT2D eigenvalue weighted by atomic mass is 10.4. The minimum atomic E-state index is -3.03. The number of hydrogen-bond donors (Lipinski definition) is 0. The second kappa shape index (κ2) is 4.97. The molecule has 0 unspecified atom stereocenters. The Kier molecular flexibility index (Phi) is 3.17. The van der Waals surface area contributed by atoms with E-state index < -0.39 is 7.57 Å². The van der Waals surface area contributed by atoms with Gasteiger partial charge in [0.25, 0.3) is 0 Å². The van der Waals surface area contributed by atoms with E-state index in [4.69, 9.17) is 0 Å². The molecule has 0 saturated carbocycles. The minimum Gasteiger partial charge on any atom is -0.0713 e. The molecule has 19 heavy (non-hydrogen) atoms. The van der Waals surface area contributed by atoms with Gasteiger partial charge in [-0.15, -0.1) is 0 Å². The van der Waals surface area contributed by atoms with E-state index in [9.17, 15) is 0 Å². The molecular weight excluding hydrogens is 254 g/mol. The molecule has 2 aromatic rings. The molecule has 0 aromatic heterocycles. The van der Waals surface area contributed by atoms with Gasteiger partial charge in [0.15, 0.2) is 5.31 Å². The number of rotatable bonds is 3. The molecule has 1 aliphatic rings. The van der Waals surface area contributed by atoms with Gasteiger partial charge in [0, 0.05) is 0 Å². The maximum Gasteiger partial charge on any atom is 0.306 e. The number of allylic oxidation sites excluding steroid dienone is 3. The highest BCUT2D eigenvalue weighted by Gasteiger charge is 2.49. The quantitative estimate of drug-likeness (QED) is 0.579. The van der Waals surface area contributed by atoms with Crippen LogP contribution in [0.15, 0.2) is 89.9 Å². The number of hydrogen-bond acceptors (Lipinski definition) is 0. The summed E-state index contributed by atoms with van der Waals surface area (Å²) in [6.07, 6.45) is 5.44. The fraction of sp³-hybridized carbons (Fsp3) is 0. The van der Waals surface area contributed by atoms with Crippen molar-refractivity contribution in [1.29, 1.82) is 0 Å². The largest absolute Gasteiger partial charge is 0.306 e. The topological polar surface area (TPSA) is 0 Å². The van der Waals surface area contributed by atoms with Crippen LogP contribution in [0.3, 0.4) is 0 Å². The summed E-state index contributed by atoms with van der Waals surface area (Å²) in [5, 5.41) is 2.14. The smallest absolute Gasteiger partial charge is 0.0713 e. The average Bonchev–Trinajstić information content (AvgIpc) is 3.03. The van der Waals surface area contributed by atoms with Crippen molar-refractivity contribution in [3.8, 4) is 0 Å². The minimum absolute atomic E-state index is 0.657. The molecule has 0 aliphatic heterocycles. The Hall–Kier alpha value is -1.94. The molecule has 0 saturated heterocycles. The summed E-state index contributed by atoms with van der Waals surface area (Å²) < 4.78 is 15.9. The summed E-state index contributed by atoms with van der Waals surface area (Å²) >= 11 is 0. The van der Waals surface area contributed by atoms with Crippen LogP contribution in [0.1, 0.15) is 0 Å². The SMILES string of the molecule is F[P+](C1=C=CC=C1)(c1ccccc1)c1ccccc1. The second-order valence-electron chi connectivity index (χ2n) is 4.32. The van der Waals surface area contributed by atoms with Gasteiger partial charge in [0.05, 0.1) is 0 Å². The molecule has 1 aliphatic carbocycles. The molecule has 0 fully saturated rings. The Morgan fingerprint density at radius 2 is 1.32 bits per heavy atom. The van der Waals surface area contributed by atoms with Crippen molar-refractivity contribution < 1.29 is 4.20 Å². The molecule has 0 radical (unpaired) electrons. The van der Waals surface area contributed by atoms with Crippen molar-refractivity contribution in [2.45, 2.75) is 0 Å². The number of benzene rings is 2. The maximum absolute atomic E-state index is 15.9. The van der Waals surface area contributed by atoms with E-state index in [1.165, 1.54) is 0 Å². The lowest BCUT2D eigenvalue weighted by Gasteiger charge is -2.15. The van der Waals surface area contributed by atoms with Crippen molar-refractivity contribution >= 4 is 18.2 Å². The van der Waals surface area contributed by atoms with Crippen molar-refractivity contribution in [2.75, 3.05) is 0 Å². The van der Waals surface area contributed by atoms with Crippen LogP contribution in [-0.2, 0) is 0 Å². The Morgan fingerprint density at radius 1 is 0.789 bits per heavy atom. The lowest BCUT2D eigenvalue weighted by Crippen LogP contribution is -2.19. The Balaban J connectivity index is 2.23. The summed E-state index contributed by atoms with van der Waals surface area (Å²) in [5.74, 6) is 0. The van der Waals surface area contributed by atoms with Crippen LogP contribution in [0.2, 0.25) is 0 Å². The van der Waals surface area contributed by atoms with Crippen LogP contribution in [-0.4, -0.2) is 0 Å². The van der Waals surface area contributed by atoms with Crippen LogP contribution >= 0.6 is 7.57 Å². The van der Waals surface area contributed by atoms with Gasteiger partial charge in [0.2, 0.25) is 0 Å². The molecular formula is C17H13FP+. The standard InChI is InChI=1S/C17H13FP/c18-19(17-13-7-8-14-17,15-9-3-1-4-10-15)16-11-5-2-6-12-16/h1-13H/q+1. The molecule has 0 bridgehead atoms. The predicted molar refractivity (Wildman–Crippen MR) is 80.9 cm³/mol. The fourth-order valence-electron chi connectivity index (χ4n) is 2.21. The van der Waals surface area contributed by atoms with E-state index >= 15 is 4.20 Å². The fourth-order valence-corrected chi connectivity index (χ4v) is 4.77. The van der Waals surface area contributed by atoms with Gasteiger partial charge in [-0.2, -0.15) is 0 Å². The zero-order valence-corrected chi connectivity index (χ0v) is 11.2. The average molecular weight is 267 g/mol. The van der Waals surface area contributed by atoms with Crippen molar-refractivity contribution in [3.63, 3.8) is 0 Å². The summed E-state index contributed by atoms with van der Waals surface area (Å²) in [6, 6.07) is 18.8.